The van der Waals surface area contributed by atoms with Crippen molar-refractivity contribution in [3.8, 4) is 6.07 Å². The van der Waals surface area contributed by atoms with Crippen LogP contribution in [0.1, 0.15) is 30.0 Å². The molecule has 0 spiro atoms. The molecule has 0 saturated heterocycles. The number of carbonyl (C=O) groups is 1. The van der Waals surface area contributed by atoms with E-state index < -0.39 is 12.4 Å². The summed E-state index contributed by atoms with van der Waals surface area (Å²) < 4.78 is 30.4. The number of hydrogen-bond donors (Lipinski definition) is 1. The first kappa shape index (κ1) is 14.5. The molecule has 0 saturated carbocycles. The van der Waals surface area contributed by atoms with E-state index in [9.17, 15) is 13.6 Å². The van der Waals surface area contributed by atoms with Gasteiger partial charge in [-0.3, -0.25) is 4.79 Å². The van der Waals surface area contributed by atoms with Crippen molar-refractivity contribution in [1.29, 1.82) is 5.26 Å². The lowest BCUT2D eigenvalue weighted by atomic mass is 9.99. The number of ether oxygens (including phenoxy) is 1. The fourth-order valence-corrected chi connectivity index (χ4v) is 1.79. The molecule has 1 aromatic rings. The second kappa shape index (κ2) is 6.36. The number of nitrogens with zero attached hydrogens (tertiary/aromatic N) is 1. The monoisotopic (exact) mass is 271 g/mol. The summed E-state index contributed by atoms with van der Waals surface area (Å²) in [5, 5.41) is 8.95. The van der Waals surface area contributed by atoms with E-state index in [1.165, 1.54) is 12.1 Å². The lowest BCUT2D eigenvalue weighted by Crippen LogP contribution is -2.11. The molecule has 0 unspecified atom stereocenters. The Bertz CT molecular complexity index is 498. The molecule has 0 aliphatic carbocycles. The Morgan fingerprint density at radius 1 is 1.56 bits per heavy atom. The van der Waals surface area contributed by atoms with Crippen molar-refractivity contribution >= 4 is 18.6 Å². The van der Waals surface area contributed by atoms with E-state index in [0.717, 1.165) is 0 Å². The lowest BCUT2D eigenvalue weighted by Gasteiger charge is -2.11. The molecule has 0 radical (unpaired) electrons. The van der Waals surface area contributed by atoms with Gasteiger partial charge in [-0.1, -0.05) is 6.07 Å². The van der Waals surface area contributed by atoms with Gasteiger partial charge >= 0.3 is 5.97 Å². The van der Waals surface area contributed by atoms with Crippen molar-refractivity contribution in [3.05, 3.63) is 28.8 Å². The summed E-state index contributed by atoms with van der Waals surface area (Å²) in [6.45, 7) is 1.78. The van der Waals surface area contributed by atoms with Gasteiger partial charge in [0.2, 0.25) is 0 Å². The fraction of sp³-hybridized carbons (Fsp3) is 0.333. The minimum Gasteiger partial charge on any atom is -0.466 e. The Kier molecular flexibility index (Phi) is 5.10. The minimum atomic E-state index is -2.75. The summed E-state index contributed by atoms with van der Waals surface area (Å²) in [5.74, 6) is -0.644. The molecule has 18 heavy (non-hydrogen) atoms. The first-order valence-electron chi connectivity index (χ1n) is 5.19. The molecule has 1 aromatic carbocycles. The zero-order valence-electron chi connectivity index (χ0n) is 9.61. The van der Waals surface area contributed by atoms with Crippen LogP contribution < -0.4 is 0 Å². The zero-order chi connectivity index (χ0) is 13.7. The van der Waals surface area contributed by atoms with Crippen LogP contribution in [0.25, 0.3) is 0 Å². The van der Waals surface area contributed by atoms with Crippen LogP contribution in [0.4, 0.5) is 8.78 Å². The minimum absolute atomic E-state index is 0.0100. The van der Waals surface area contributed by atoms with Crippen molar-refractivity contribution in [2.24, 2.45) is 0 Å². The van der Waals surface area contributed by atoms with E-state index in [1.54, 1.807) is 13.0 Å². The second-order valence-electron chi connectivity index (χ2n) is 3.42. The summed E-state index contributed by atoms with van der Waals surface area (Å²) in [5.41, 5.74) is -0.361. The quantitative estimate of drug-likeness (QED) is 0.676. The topological polar surface area (TPSA) is 50.1 Å². The summed E-state index contributed by atoms with van der Waals surface area (Å²) in [4.78, 5) is 11.6. The highest BCUT2D eigenvalue weighted by Gasteiger charge is 2.20. The molecule has 0 heterocycles. The summed E-state index contributed by atoms with van der Waals surface area (Å²) in [6, 6.07) is 4.28. The third kappa shape index (κ3) is 3.20. The van der Waals surface area contributed by atoms with Crippen molar-refractivity contribution in [3.63, 3.8) is 0 Å². The number of alkyl halides is 2. The second-order valence-corrected chi connectivity index (χ2v) is 3.90. The van der Waals surface area contributed by atoms with Gasteiger partial charge in [0.15, 0.2) is 0 Å². The molecule has 3 nitrogen and oxygen atoms in total. The van der Waals surface area contributed by atoms with E-state index in [-0.39, 0.29) is 34.6 Å². The summed E-state index contributed by atoms with van der Waals surface area (Å²) in [6.07, 6.45) is -3.11. The first-order valence-corrected chi connectivity index (χ1v) is 5.64. The van der Waals surface area contributed by atoms with Crippen LogP contribution >= 0.6 is 12.6 Å². The van der Waals surface area contributed by atoms with Crippen molar-refractivity contribution in [2.75, 3.05) is 6.61 Å². The van der Waals surface area contributed by atoms with E-state index in [2.05, 4.69) is 12.6 Å². The van der Waals surface area contributed by atoms with Crippen molar-refractivity contribution in [1.82, 2.24) is 0 Å². The van der Waals surface area contributed by atoms with Crippen LogP contribution in [-0.2, 0) is 16.0 Å². The van der Waals surface area contributed by atoms with E-state index in [0.29, 0.717) is 0 Å². The maximum atomic E-state index is 12.8. The Morgan fingerprint density at radius 2 is 2.22 bits per heavy atom. The largest absolute Gasteiger partial charge is 0.466 e. The molecule has 0 aromatic heterocycles. The van der Waals surface area contributed by atoms with Gasteiger partial charge in [0.25, 0.3) is 6.43 Å². The number of carbonyl (C=O) groups excluding carboxylic acids is 1. The molecule has 0 atom stereocenters. The molecule has 0 bridgehead atoms. The SMILES string of the molecule is CCOC(=O)Cc1c(C(F)F)ccc(S)c1C#N. The summed E-state index contributed by atoms with van der Waals surface area (Å²) >= 11 is 4.02. The summed E-state index contributed by atoms with van der Waals surface area (Å²) in [7, 11) is 0. The third-order valence-corrected chi connectivity index (χ3v) is 2.67. The average Bonchev–Trinajstić information content (AvgIpc) is 2.29. The van der Waals surface area contributed by atoms with Crippen LogP contribution in [0.3, 0.4) is 0 Å². The molecule has 1 rings (SSSR count). The maximum Gasteiger partial charge on any atom is 0.310 e. The van der Waals surface area contributed by atoms with Gasteiger partial charge in [-0.15, -0.1) is 12.6 Å². The highest BCUT2D eigenvalue weighted by atomic mass is 32.1. The van der Waals surface area contributed by atoms with E-state index >= 15 is 0 Å². The van der Waals surface area contributed by atoms with Crippen molar-refractivity contribution < 1.29 is 18.3 Å². The van der Waals surface area contributed by atoms with Gasteiger partial charge in [0.05, 0.1) is 18.6 Å². The molecule has 96 valence electrons. The van der Waals surface area contributed by atoms with Gasteiger partial charge in [-0.2, -0.15) is 5.26 Å². The molecule has 0 aliphatic heterocycles. The van der Waals surface area contributed by atoms with Crippen LogP contribution in [-0.4, -0.2) is 12.6 Å². The van der Waals surface area contributed by atoms with Crippen LogP contribution in [0, 0.1) is 11.3 Å². The highest BCUT2D eigenvalue weighted by molar-refractivity contribution is 7.80. The maximum absolute atomic E-state index is 12.8. The Balaban J connectivity index is 3.24. The van der Waals surface area contributed by atoms with E-state index in [4.69, 9.17) is 10.00 Å². The Morgan fingerprint density at radius 3 is 2.72 bits per heavy atom. The molecular formula is C12H11F2NO2S. The van der Waals surface area contributed by atoms with Crippen LogP contribution in [0.2, 0.25) is 0 Å². The number of hydrogen-bond acceptors (Lipinski definition) is 4. The number of benzene rings is 1. The Hall–Kier alpha value is -1.61. The lowest BCUT2D eigenvalue weighted by molar-refractivity contribution is -0.142. The normalized spacial score (nSPS) is 10.2. The number of esters is 1. The standard InChI is InChI=1S/C12H11F2NO2S/c1-2-17-11(16)5-8-7(12(13)14)3-4-10(18)9(8)6-15/h3-4,12,18H,2,5H2,1H3. The molecule has 0 fully saturated rings. The zero-order valence-corrected chi connectivity index (χ0v) is 10.5. The predicted molar refractivity (Wildman–Crippen MR) is 63.7 cm³/mol. The highest BCUT2D eigenvalue weighted by Crippen LogP contribution is 2.29. The number of rotatable bonds is 4. The van der Waals surface area contributed by atoms with Gasteiger partial charge in [-0.05, 0) is 18.6 Å². The number of halogens is 2. The average molecular weight is 271 g/mol. The molecule has 0 amide bonds. The fourth-order valence-electron chi connectivity index (χ4n) is 1.53. The van der Waals surface area contributed by atoms with Gasteiger partial charge in [-0.25, -0.2) is 8.78 Å². The molecule has 0 aliphatic rings. The molecule has 6 heteroatoms. The third-order valence-electron chi connectivity index (χ3n) is 2.30. The van der Waals surface area contributed by atoms with Gasteiger partial charge in [0, 0.05) is 10.5 Å². The van der Waals surface area contributed by atoms with E-state index in [1.807, 2.05) is 0 Å². The van der Waals surface area contributed by atoms with Crippen LogP contribution in [0.5, 0.6) is 0 Å². The smallest absolute Gasteiger partial charge is 0.310 e. The molecular weight excluding hydrogens is 260 g/mol. The molecule has 0 N–H and O–H groups in total. The van der Waals surface area contributed by atoms with Gasteiger partial charge < -0.3 is 4.74 Å². The van der Waals surface area contributed by atoms with Gasteiger partial charge in [0.1, 0.15) is 6.07 Å². The van der Waals surface area contributed by atoms with Crippen molar-refractivity contribution in [2.45, 2.75) is 24.7 Å². The Labute approximate surface area is 109 Å². The van der Waals surface area contributed by atoms with Crippen LogP contribution in [0.15, 0.2) is 17.0 Å². The number of thiol groups is 1. The first-order chi connectivity index (χ1) is 8.51. The predicted octanol–water partition coefficient (Wildman–Crippen LogP) is 2.89. The number of nitriles is 1.